The van der Waals surface area contributed by atoms with Gasteiger partial charge in [-0.2, -0.15) is 55.7 Å². The van der Waals surface area contributed by atoms with Crippen LogP contribution in [-0.4, -0.2) is 4.98 Å². The minimum absolute atomic E-state index is 0. The van der Waals surface area contributed by atoms with Crippen LogP contribution in [0.3, 0.4) is 0 Å². The van der Waals surface area contributed by atoms with Gasteiger partial charge >= 0.3 is 26.2 Å². The standard InChI is InChI=1S/C30H36N2.2C7H7.Zr/c1-21(2)25-16-10-17-26(22(3)4)30(25)32-29(20-23-12-6-5-7-13-23)28-19-11-18-27(31-28)24-14-8-9-15-24;2*1-7-5-3-2-4-6-7;/h5-7,10-14,16-19,21-22,24,29H,8-9,15,20H2,1-4H3;2*2-6H,1H2;/q-2;2*-1;+3. The molecule has 47 heavy (non-hydrogen) atoms. The van der Waals surface area contributed by atoms with Crippen molar-refractivity contribution in [3.05, 3.63) is 192 Å². The summed E-state index contributed by atoms with van der Waals surface area (Å²) in [5.74, 6) is 1.34. The molecule has 0 saturated heterocycles. The Morgan fingerprint density at radius 2 is 1.19 bits per heavy atom. The summed E-state index contributed by atoms with van der Waals surface area (Å²) < 4.78 is 0. The Balaban J connectivity index is 0.000000329. The van der Waals surface area contributed by atoms with Crippen molar-refractivity contribution >= 4 is 5.69 Å². The zero-order valence-corrected chi connectivity index (χ0v) is 31.1. The molecule has 4 aromatic carbocycles. The number of benzene rings is 4. The van der Waals surface area contributed by atoms with Gasteiger partial charge in [0, 0.05) is 11.4 Å². The van der Waals surface area contributed by atoms with Gasteiger partial charge in [-0.05, 0) is 36.0 Å². The molecule has 0 bridgehead atoms. The third kappa shape index (κ3) is 12.2. The van der Waals surface area contributed by atoms with Gasteiger partial charge in [0.2, 0.25) is 0 Å². The molecule has 3 heteroatoms. The van der Waals surface area contributed by atoms with Gasteiger partial charge in [-0.3, -0.25) is 4.98 Å². The molecule has 1 aromatic heterocycles. The Morgan fingerprint density at radius 1 is 0.681 bits per heavy atom. The van der Waals surface area contributed by atoms with Crippen molar-refractivity contribution in [2.45, 2.75) is 77.2 Å². The molecule has 241 valence electrons. The van der Waals surface area contributed by atoms with Gasteiger partial charge in [-0.1, -0.05) is 124 Å². The zero-order chi connectivity index (χ0) is 32.7. The van der Waals surface area contributed by atoms with Crippen molar-refractivity contribution in [1.29, 1.82) is 0 Å². The van der Waals surface area contributed by atoms with E-state index in [0.717, 1.165) is 28.9 Å². The molecule has 2 atom stereocenters. The number of hydrogen-bond acceptors (Lipinski definition) is 1. The molecule has 2 unspecified atom stereocenters. The van der Waals surface area contributed by atoms with E-state index >= 15 is 0 Å². The Hall–Kier alpha value is -3.55. The molecule has 1 heterocycles. The van der Waals surface area contributed by atoms with Crippen molar-refractivity contribution in [2.75, 3.05) is 0 Å². The minimum Gasteiger partial charge on any atom is -0.676 e. The number of para-hydroxylation sites is 1. The molecule has 1 saturated carbocycles. The summed E-state index contributed by atoms with van der Waals surface area (Å²) in [6.45, 7) is 16.5. The summed E-state index contributed by atoms with van der Waals surface area (Å²) in [4.78, 5) is 5.17. The second-order valence-corrected chi connectivity index (χ2v) is 12.7. The van der Waals surface area contributed by atoms with Crippen molar-refractivity contribution < 1.29 is 26.2 Å². The Kier molecular flexibility index (Phi) is 16.1. The van der Waals surface area contributed by atoms with E-state index in [0.29, 0.717) is 17.8 Å². The Labute approximate surface area is 304 Å². The van der Waals surface area contributed by atoms with Crippen LogP contribution in [0.4, 0.5) is 5.69 Å². The summed E-state index contributed by atoms with van der Waals surface area (Å²) in [6.07, 6.45) is 6.97. The molecule has 0 aliphatic heterocycles. The summed E-state index contributed by atoms with van der Waals surface area (Å²) >= 11 is 0. The van der Waals surface area contributed by atoms with Gasteiger partial charge in [0.05, 0.1) is 0 Å². The summed E-state index contributed by atoms with van der Waals surface area (Å²) in [7, 11) is 0. The first-order valence-electron chi connectivity index (χ1n) is 16.7. The van der Waals surface area contributed by atoms with Gasteiger partial charge in [0.25, 0.3) is 0 Å². The summed E-state index contributed by atoms with van der Waals surface area (Å²) in [5.41, 5.74) is 9.55. The van der Waals surface area contributed by atoms with Gasteiger partial charge < -0.3 is 11.7 Å². The van der Waals surface area contributed by atoms with E-state index in [1.54, 1.807) is 0 Å². The maximum Gasteiger partial charge on any atom is 3.00 e. The SMILES string of the molecule is CC(C)c1cccc(C(C)C)c1[N-]C(Cc1ccccc1)c1cccc(C2[CH-]CCC2)n1.[CH2-]c1ccccc1.[CH2-]c1ccccc1.[Zr+3]. The van der Waals surface area contributed by atoms with Crippen molar-refractivity contribution in [3.63, 3.8) is 0 Å². The Morgan fingerprint density at radius 3 is 1.64 bits per heavy atom. The minimum atomic E-state index is -0.00356. The number of hydrogen-bond donors (Lipinski definition) is 0. The van der Waals surface area contributed by atoms with E-state index in [9.17, 15) is 0 Å². The van der Waals surface area contributed by atoms with E-state index in [-0.39, 0.29) is 32.2 Å². The zero-order valence-electron chi connectivity index (χ0n) is 28.6. The predicted molar refractivity (Wildman–Crippen MR) is 197 cm³/mol. The number of rotatable bonds is 8. The van der Waals surface area contributed by atoms with Crippen LogP contribution < -0.4 is 0 Å². The molecular formula is C44H50N2Zr-. The van der Waals surface area contributed by atoms with Crippen molar-refractivity contribution in [3.8, 4) is 0 Å². The van der Waals surface area contributed by atoms with Crippen LogP contribution in [0.2, 0.25) is 0 Å². The molecule has 1 aliphatic carbocycles. The van der Waals surface area contributed by atoms with Crippen LogP contribution in [0.5, 0.6) is 0 Å². The third-order valence-corrected chi connectivity index (χ3v) is 8.27. The quantitative estimate of drug-likeness (QED) is 0.148. The molecule has 5 aromatic rings. The molecule has 1 fully saturated rings. The fourth-order valence-corrected chi connectivity index (χ4v) is 5.73. The molecule has 1 aliphatic rings. The molecule has 2 nitrogen and oxygen atoms in total. The van der Waals surface area contributed by atoms with E-state index < -0.39 is 0 Å². The smallest absolute Gasteiger partial charge is 0.676 e. The number of aromatic nitrogens is 1. The van der Waals surface area contributed by atoms with Gasteiger partial charge in [0.15, 0.2) is 0 Å². The van der Waals surface area contributed by atoms with E-state index in [1.165, 1.54) is 41.6 Å². The molecule has 1 radical (unpaired) electrons. The third-order valence-electron chi connectivity index (χ3n) is 8.27. The van der Waals surface area contributed by atoms with Gasteiger partial charge in [-0.25, -0.2) is 0 Å². The summed E-state index contributed by atoms with van der Waals surface area (Å²) in [6, 6.07) is 43.7. The van der Waals surface area contributed by atoms with Crippen LogP contribution in [0, 0.1) is 20.3 Å². The maximum atomic E-state index is 5.46. The van der Waals surface area contributed by atoms with Gasteiger partial charge in [-0.15, -0.1) is 35.9 Å². The summed E-state index contributed by atoms with van der Waals surface area (Å²) in [5, 5.41) is 5.46. The van der Waals surface area contributed by atoms with Crippen LogP contribution in [-0.2, 0) is 32.6 Å². The maximum absolute atomic E-state index is 5.46. The van der Waals surface area contributed by atoms with E-state index in [1.807, 2.05) is 60.7 Å². The number of pyridine rings is 1. The van der Waals surface area contributed by atoms with Crippen molar-refractivity contribution in [2.24, 2.45) is 0 Å². The van der Waals surface area contributed by atoms with Crippen LogP contribution >= 0.6 is 0 Å². The first-order chi connectivity index (χ1) is 22.3. The second-order valence-electron chi connectivity index (χ2n) is 12.7. The van der Waals surface area contributed by atoms with E-state index in [2.05, 4.69) is 115 Å². The number of nitrogens with zero attached hydrogens (tertiary/aromatic N) is 2. The van der Waals surface area contributed by atoms with Crippen LogP contribution in [0.15, 0.2) is 127 Å². The van der Waals surface area contributed by atoms with E-state index in [4.69, 9.17) is 10.3 Å². The van der Waals surface area contributed by atoms with Gasteiger partial charge in [0.1, 0.15) is 0 Å². The topological polar surface area (TPSA) is 27.0 Å². The first kappa shape index (κ1) is 37.9. The average molecular weight is 698 g/mol. The fraction of sp³-hybridized carbons (Fsp3) is 0.273. The van der Waals surface area contributed by atoms with Crippen LogP contribution in [0.25, 0.3) is 5.32 Å². The Bertz CT molecular complexity index is 1500. The average Bonchev–Trinajstić information content (AvgIpc) is 3.62. The second kappa shape index (κ2) is 20.0. The first-order valence-corrected chi connectivity index (χ1v) is 16.7. The molecule has 0 N–H and O–H groups in total. The molecule has 0 spiro atoms. The monoisotopic (exact) mass is 696 g/mol. The molecule has 6 rings (SSSR count). The van der Waals surface area contributed by atoms with Crippen molar-refractivity contribution in [1.82, 2.24) is 4.98 Å². The molecule has 0 amide bonds. The fourth-order valence-electron chi connectivity index (χ4n) is 5.73. The largest absolute Gasteiger partial charge is 3.00 e. The normalized spacial score (nSPS) is 14.2. The molecular weight excluding hydrogens is 648 g/mol. The predicted octanol–water partition coefficient (Wildman–Crippen LogP) is 12.5. The van der Waals surface area contributed by atoms with Crippen LogP contribution in [0.1, 0.15) is 110 Å².